The lowest BCUT2D eigenvalue weighted by Gasteiger charge is -2.05. The molecule has 1 N–H and O–H groups in total. The van der Waals surface area contributed by atoms with E-state index < -0.39 is 15.3 Å². The molecule has 0 unspecified atom stereocenters. The first-order chi connectivity index (χ1) is 7.45. The lowest BCUT2D eigenvalue weighted by atomic mass is 10.2. The van der Waals surface area contributed by atoms with Gasteiger partial charge < -0.3 is 0 Å². The molecule has 0 heterocycles. The van der Waals surface area contributed by atoms with Gasteiger partial charge in [-0.1, -0.05) is 36.4 Å². The summed E-state index contributed by atoms with van der Waals surface area (Å²) in [7, 11) is -3.72. The quantitative estimate of drug-likeness (QED) is 0.903. The van der Waals surface area contributed by atoms with Crippen molar-refractivity contribution in [2.24, 2.45) is 0 Å². The Morgan fingerprint density at radius 2 is 1.88 bits per heavy atom. The molecule has 0 atom stereocenters. The normalized spacial score (nSPS) is 11.1. The molecule has 1 rings (SSSR count). The van der Waals surface area contributed by atoms with Gasteiger partial charge in [0, 0.05) is 0 Å². The number of nitrogens with one attached hydrogen (secondary N) is 1. The highest BCUT2D eigenvalue weighted by Gasteiger charge is 2.16. The van der Waals surface area contributed by atoms with Crippen LogP contribution in [-0.4, -0.2) is 19.4 Å². The number of rotatable bonds is 3. The Bertz CT molecular complexity index is 465. The van der Waals surface area contributed by atoms with Gasteiger partial charge in [-0.15, -0.1) is 0 Å². The Morgan fingerprint density at radius 3 is 2.38 bits per heavy atom. The largest absolute Gasteiger partial charge is 0.292 e. The highest BCUT2D eigenvalue weighted by Crippen LogP contribution is 2.11. The fraction of sp³-hybridized carbons (Fsp3) is 0.300. The molecule has 1 amide bonds. The van der Waals surface area contributed by atoms with Crippen molar-refractivity contribution in [1.29, 1.82) is 0 Å². The summed E-state index contributed by atoms with van der Waals surface area (Å²) in [5.74, 6) is 0.537. The van der Waals surface area contributed by atoms with E-state index in [-0.39, 0.29) is 4.90 Å². The van der Waals surface area contributed by atoms with Gasteiger partial charge in [0.05, 0.1) is 4.90 Å². The third-order valence-electron chi connectivity index (χ3n) is 1.82. The number of carbonyl (C=O) groups excluding carboxylic acids is 1. The Labute approximate surface area is 99.5 Å². The molecule has 0 aliphatic heterocycles. The van der Waals surface area contributed by atoms with Crippen molar-refractivity contribution in [1.82, 2.24) is 4.72 Å². The van der Waals surface area contributed by atoms with Crippen LogP contribution in [0.5, 0.6) is 0 Å². The van der Waals surface area contributed by atoms with Gasteiger partial charge in [0.15, 0.2) is 0 Å². The Kier molecular flexibility index (Phi) is 4.37. The lowest BCUT2D eigenvalue weighted by molar-refractivity contribution is 0.265. The van der Waals surface area contributed by atoms with Crippen LogP contribution < -0.4 is 4.72 Å². The molecular formula is C10H13NO3S2. The molecule has 88 valence electrons. The molecule has 0 spiro atoms. The van der Waals surface area contributed by atoms with Crippen LogP contribution in [0.2, 0.25) is 0 Å². The van der Waals surface area contributed by atoms with Crippen molar-refractivity contribution in [2.75, 3.05) is 5.75 Å². The maximum absolute atomic E-state index is 11.7. The average Bonchev–Trinajstić information content (AvgIpc) is 2.17. The summed E-state index contributed by atoms with van der Waals surface area (Å²) in [6.07, 6.45) is 0. The van der Waals surface area contributed by atoms with Crippen LogP contribution in [0.4, 0.5) is 4.79 Å². The van der Waals surface area contributed by atoms with E-state index in [1.165, 1.54) is 12.1 Å². The Hall–Kier alpha value is -1.01. The maximum atomic E-state index is 11.7. The zero-order chi connectivity index (χ0) is 12.2. The average molecular weight is 259 g/mol. The van der Waals surface area contributed by atoms with Gasteiger partial charge in [-0.3, -0.25) is 4.79 Å². The minimum Gasteiger partial charge on any atom is -0.261 e. The van der Waals surface area contributed by atoms with Crippen molar-refractivity contribution in [2.45, 2.75) is 18.7 Å². The second-order valence-corrected chi connectivity index (χ2v) is 6.06. The molecule has 6 heteroatoms. The molecule has 0 aliphatic carbocycles. The summed E-state index contributed by atoms with van der Waals surface area (Å²) in [4.78, 5) is 11.3. The number of carbonyl (C=O) groups is 1. The zero-order valence-electron chi connectivity index (χ0n) is 9.06. The topological polar surface area (TPSA) is 63.2 Å². The number of amides is 1. The third-order valence-corrected chi connectivity index (χ3v) is 3.95. The Morgan fingerprint density at radius 1 is 1.31 bits per heavy atom. The second kappa shape index (κ2) is 5.36. The molecule has 0 bridgehead atoms. The highest BCUT2D eigenvalue weighted by molar-refractivity contribution is 8.14. The maximum Gasteiger partial charge on any atom is 0.292 e. The molecule has 0 radical (unpaired) electrons. The van der Waals surface area contributed by atoms with E-state index in [0.717, 1.165) is 17.3 Å². The van der Waals surface area contributed by atoms with E-state index in [1.54, 1.807) is 19.1 Å². The van der Waals surface area contributed by atoms with E-state index in [1.807, 2.05) is 11.6 Å². The molecule has 0 saturated heterocycles. The van der Waals surface area contributed by atoms with Crippen LogP contribution >= 0.6 is 11.8 Å². The molecule has 0 fully saturated rings. The van der Waals surface area contributed by atoms with E-state index >= 15 is 0 Å². The number of hydrogen-bond donors (Lipinski definition) is 1. The predicted octanol–water partition coefficient (Wildman–Crippen LogP) is 2.15. The fourth-order valence-electron chi connectivity index (χ4n) is 1.05. The summed E-state index contributed by atoms with van der Waals surface area (Å²) < 4.78 is 25.4. The van der Waals surface area contributed by atoms with Crippen molar-refractivity contribution in [3.8, 4) is 0 Å². The number of aryl methyl sites for hydroxylation is 1. The van der Waals surface area contributed by atoms with Gasteiger partial charge in [-0.2, -0.15) is 0 Å². The lowest BCUT2D eigenvalue weighted by Crippen LogP contribution is -2.27. The minimum atomic E-state index is -3.72. The number of thioether (sulfide) groups is 1. The van der Waals surface area contributed by atoms with E-state index in [0.29, 0.717) is 5.75 Å². The van der Waals surface area contributed by atoms with Crippen LogP contribution in [0.1, 0.15) is 12.5 Å². The van der Waals surface area contributed by atoms with Crippen molar-refractivity contribution in [3.05, 3.63) is 29.8 Å². The first-order valence-electron chi connectivity index (χ1n) is 4.72. The summed E-state index contributed by atoms with van der Waals surface area (Å²) in [5, 5.41) is -0.553. The summed E-state index contributed by atoms with van der Waals surface area (Å²) in [6.45, 7) is 3.64. The van der Waals surface area contributed by atoms with Crippen LogP contribution in [0, 0.1) is 6.92 Å². The van der Waals surface area contributed by atoms with Gasteiger partial charge in [-0.25, -0.2) is 13.1 Å². The fourth-order valence-corrected chi connectivity index (χ4v) is 2.71. The van der Waals surface area contributed by atoms with Gasteiger partial charge >= 0.3 is 0 Å². The summed E-state index contributed by atoms with van der Waals surface area (Å²) in [6, 6.07) is 6.32. The molecule has 0 aliphatic rings. The molecule has 0 aromatic heterocycles. The molecule has 4 nitrogen and oxygen atoms in total. The highest BCUT2D eigenvalue weighted by atomic mass is 32.2. The molecule has 0 saturated carbocycles. The van der Waals surface area contributed by atoms with Crippen LogP contribution in [0.25, 0.3) is 0 Å². The number of hydrogen-bond acceptors (Lipinski definition) is 4. The third kappa shape index (κ3) is 3.53. The second-order valence-electron chi connectivity index (χ2n) is 3.14. The Balaban J connectivity index is 2.86. The van der Waals surface area contributed by atoms with Gasteiger partial charge in [0.25, 0.3) is 15.3 Å². The van der Waals surface area contributed by atoms with Crippen LogP contribution in [-0.2, 0) is 10.0 Å². The predicted molar refractivity (Wildman–Crippen MR) is 65.0 cm³/mol. The van der Waals surface area contributed by atoms with E-state index in [2.05, 4.69) is 0 Å². The molecule has 16 heavy (non-hydrogen) atoms. The minimum absolute atomic E-state index is 0.100. The van der Waals surface area contributed by atoms with Gasteiger partial charge in [0.1, 0.15) is 0 Å². The monoisotopic (exact) mass is 259 g/mol. The first-order valence-corrected chi connectivity index (χ1v) is 7.19. The van der Waals surface area contributed by atoms with Crippen molar-refractivity contribution >= 4 is 27.0 Å². The molecule has 1 aromatic rings. The zero-order valence-corrected chi connectivity index (χ0v) is 10.7. The van der Waals surface area contributed by atoms with Crippen molar-refractivity contribution in [3.63, 3.8) is 0 Å². The van der Waals surface area contributed by atoms with Gasteiger partial charge in [-0.05, 0) is 24.8 Å². The van der Waals surface area contributed by atoms with Gasteiger partial charge in [0.2, 0.25) is 0 Å². The standard InChI is InChI=1S/C10H13NO3S2/c1-3-15-10(12)11-16(13,14)9-6-4-8(2)5-7-9/h4-7H,3H2,1-2H3,(H,11,12). The molecule has 1 aromatic carbocycles. The van der Waals surface area contributed by atoms with E-state index in [9.17, 15) is 13.2 Å². The van der Waals surface area contributed by atoms with Crippen LogP contribution in [0.3, 0.4) is 0 Å². The summed E-state index contributed by atoms with van der Waals surface area (Å²) >= 11 is 0.927. The summed E-state index contributed by atoms with van der Waals surface area (Å²) in [5.41, 5.74) is 0.966. The van der Waals surface area contributed by atoms with Crippen LogP contribution in [0.15, 0.2) is 29.2 Å². The first kappa shape index (κ1) is 13.1. The van der Waals surface area contributed by atoms with Crippen molar-refractivity contribution < 1.29 is 13.2 Å². The number of sulfonamides is 1. The SMILES string of the molecule is CCSC(=O)NS(=O)(=O)c1ccc(C)cc1. The number of benzene rings is 1. The molecular weight excluding hydrogens is 246 g/mol. The smallest absolute Gasteiger partial charge is 0.261 e. The van der Waals surface area contributed by atoms with E-state index in [4.69, 9.17) is 0 Å².